The molecule has 106 valence electrons. The fourth-order valence-electron chi connectivity index (χ4n) is 1.77. The number of hydrogen-bond donors (Lipinski definition) is 1. The highest BCUT2D eigenvalue weighted by Crippen LogP contribution is 2.25. The zero-order chi connectivity index (χ0) is 13.8. The van der Waals surface area contributed by atoms with Crippen LogP contribution in [0.2, 0.25) is 0 Å². The van der Waals surface area contributed by atoms with Crippen LogP contribution < -0.4 is 5.32 Å². The summed E-state index contributed by atoms with van der Waals surface area (Å²) in [5, 5.41) is 3.37. The standard InChI is InChI=1S/C14H27NO3/c1-6-13(2,3)18-10-9-14(4,12(16)17-5)15-11-7-8-11/h11,15H,6-10H2,1-5H3. The predicted molar refractivity (Wildman–Crippen MR) is 71.5 cm³/mol. The van der Waals surface area contributed by atoms with Crippen molar-refractivity contribution < 1.29 is 14.3 Å². The molecule has 1 fully saturated rings. The van der Waals surface area contributed by atoms with Crippen LogP contribution in [-0.2, 0) is 14.3 Å². The van der Waals surface area contributed by atoms with Crippen LogP contribution in [0.15, 0.2) is 0 Å². The molecule has 0 heterocycles. The van der Waals surface area contributed by atoms with Gasteiger partial charge in [0.15, 0.2) is 0 Å². The van der Waals surface area contributed by atoms with E-state index < -0.39 is 5.54 Å². The molecule has 4 nitrogen and oxygen atoms in total. The van der Waals surface area contributed by atoms with Crippen molar-refractivity contribution in [3.8, 4) is 0 Å². The fraction of sp³-hybridized carbons (Fsp3) is 0.929. The Balaban J connectivity index is 2.48. The van der Waals surface area contributed by atoms with Crippen LogP contribution >= 0.6 is 0 Å². The van der Waals surface area contributed by atoms with E-state index in [1.807, 2.05) is 6.92 Å². The molecule has 1 aliphatic rings. The molecule has 0 aromatic rings. The number of rotatable bonds is 8. The van der Waals surface area contributed by atoms with E-state index in [0.717, 1.165) is 19.3 Å². The molecule has 1 N–H and O–H groups in total. The average Bonchev–Trinajstić information content (AvgIpc) is 3.11. The molecule has 4 heteroatoms. The van der Waals surface area contributed by atoms with Crippen LogP contribution in [0.3, 0.4) is 0 Å². The number of carbonyl (C=O) groups is 1. The molecule has 0 amide bonds. The van der Waals surface area contributed by atoms with E-state index in [0.29, 0.717) is 19.1 Å². The van der Waals surface area contributed by atoms with Crippen molar-refractivity contribution in [2.45, 2.75) is 70.6 Å². The second-order valence-electron chi connectivity index (χ2n) is 5.95. The maximum atomic E-state index is 11.9. The molecule has 0 bridgehead atoms. The highest BCUT2D eigenvalue weighted by atomic mass is 16.5. The van der Waals surface area contributed by atoms with Crippen LogP contribution in [0.25, 0.3) is 0 Å². The van der Waals surface area contributed by atoms with E-state index in [2.05, 4.69) is 26.1 Å². The van der Waals surface area contributed by atoms with Gasteiger partial charge >= 0.3 is 5.97 Å². The zero-order valence-corrected chi connectivity index (χ0v) is 12.3. The van der Waals surface area contributed by atoms with Gasteiger partial charge in [-0.2, -0.15) is 0 Å². The summed E-state index contributed by atoms with van der Waals surface area (Å²) in [7, 11) is 1.44. The second kappa shape index (κ2) is 6.02. The van der Waals surface area contributed by atoms with Gasteiger partial charge in [-0.05, 0) is 46.5 Å². The van der Waals surface area contributed by atoms with Gasteiger partial charge in [0.2, 0.25) is 0 Å². The Morgan fingerprint density at radius 3 is 2.39 bits per heavy atom. The van der Waals surface area contributed by atoms with Crippen LogP contribution in [0, 0.1) is 0 Å². The summed E-state index contributed by atoms with van der Waals surface area (Å²) in [5.41, 5.74) is -0.754. The average molecular weight is 257 g/mol. The largest absolute Gasteiger partial charge is 0.468 e. The first-order valence-corrected chi connectivity index (χ1v) is 6.83. The van der Waals surface area contributed by atoms with Crippen molar-refractivity contribution in [1.29, 1.82) is 0 Å². The molecule has 0 aliphatic heterocycles. The van der Waals surface area contributed by atoms with Crippen LogP contribution in [-0.4, -0.2) is 36.9 Å². The number of esters is 1. The summed E-state index contributed by atoms with van der Waals surface area (Å²) in [6, 6.07) is 0.466. The van der Waals surface area contributed by atoms with E-state index in [9.17, 15) is 4.79 Å². The highest BCUT2D eigenvalue weighted by molar-refractivity contribution is 5.80. The zero-order valence-electron chi connectivity index (χ0n) is 12.3. The van der Waals surface area contributed by atoms with Crippen molar-refractivity contribution in [1.82, 2.24) is 5.32 Å². The number of nitrogens with one attached hydrogen (secondary N) is 1. The van der Waals surface area contributed by atoms with Gasteiger partial charge < -0.3 is 9.47 Å². The molecule has 0 aromatic heterocycles. The third-order valence-corrected chi connectivity index (χ3v) is 3.68. The van der Waals surface area contributed by atoms with Crippen LogP contribution in [0.5, 0.6) is 0 Å². The van der Waals surface area contributed by atoms with Crippen LogP contribution in [0.4, 0.5) is 0 Å². The van der Waals surface area contributed by atoms with Crippen LogP contribution in [0.1, 0.15) is 53.4 Å². The Morgan fingerprint density at radius 2 is 1.94 bits per heavy atom. The van der Waals surface area contributed by atoms with Gasteiger partial charge in [0.1, 0.15) is 5.54 Å². The van der Waals surface area contributed by atoms with Gasteiger partial charge in [-0.25, -0.2) is 0 Å². The predicted octanol–water partition coefficient (Wildman–Crippen LogP) is 2.27. The molecular formula is C14H27NO3. The molecule has 1 atom stereocenters. The maximum absolute atomic E-state index is 11.9. The Hall–Kier alpha value is -0.610. The first-order chi connectivity index (χ1) is 8.33. The third kappa shape index (κ3) is 4.58. The van der Waals surface area contributed by atoms with Gasteiger partial charge in [-0.1, -0.05) is 6.92 Å². The molecule has 0 spiro atoms. The Kier molecular flexibility index (Phi) is 5.17. The molecule has 18 heavy (non-hydrogen) atoms. The van der Waals surface area contributed by atoms with Gasteiger partial charge in [-0.15, -0.1) is 0 Å². The van der Waals surface area contributed by atoms with E-state index in [-0.39, 0.29) is 11.6 Å². The highest BCUT2D eigenvalue weighted by Gasteiger charge is 2.39. The normalized spacial score (nSPS) is 19.4. The van der Waals surface area contributed by atoms with Crippen molar-refractivity contribution in [2.75, 3.05) is 13.7 Å². The number of ether oxygens (including phenoxy) is 2. The maximum Gasteiger partial charge on any atom is 0.325 e. The Morgan fingerprint density at radius 1 is 1.33 bits per heavy atom. The molecule has 0 aromatic carbocycles. The summed E-state index contributed by atoms with van der Waals surface area (Å²) in [4.78, 5) is 11.9. The van der Waals surface area contributed by atoms with Gasteiger partial charge in [0.05, 0.1) is 12.7 Å². The summed E-state index contributed by atoms with van der Waals surface area (Å²) in [6.45, 7) is 8.70. The lowest BCUT2D eigenvalue weighted by Crippen LogP contribution is -2.52. The third-order valence-electron chi connectivity index (χ3n) is 3.68. The SMILES string of the molecule is CCC(C)(C)OCCC(C)(NC1CC1)C(=O)OC. The van der Waals surface area contributed by atoms with Crippen molar-refractivity contribution in [3.63, 3.8) is 0 Å². The Labute approximate surface area is 110 Å². The van der Waals surface area contributed by atoms with Crippen molar-refractivity contribution >= 4 is 5.97 Å². The molecule has 1 rings (SSSR count). The lowest BCUT2D eigenvalue weighted by Gasteiger charge is -2.30. The molecule has 1 unspecified atom stereocenters. The second-order valence-corrected chi connectivity index (χ2v) is 5.95. The van der Waals surface area contributed by atoms with Crippen molar-refractivity contribution in [2.24, 2.45) is 0 Å². The monoisotopic (exact) mass is 257 g/mol. The summed E-state index contributed by atoms with van der Waals surface area (Å²) < 4.78 is 10.7. The summed E-state index contributed by atoms with van der Waals surface area (Å²) in [5.74, 6) is -0.202. The summed E-state index contributed by atoms with van der Waals surface area (Å²) >= 11 is 0. The number of carbonyl (C=O) groups excluding carboxylic acids is 1. The molecular weight excluding hydrogens is 230 g/mol. The lowest BCUT2D eigenvalue weighted by molar-refractivity contribution is -0.149. The molecule has 0 saturated heterocycles. The first-order valence-electron chi connectivity index (χ1n) is 6.83. The van der Waals surface area contributed by atoms with E-state index in [1.165, 1.54) is 7.11 Å². The smallest absolute Gasteiger partial charge is 0.325 e. The van der Waals surface area contributed by atoms with E-state index in [1.54, 1.807) is 0 Å². The minimum Gasteiger partial charge on any atom is -0.468 e. The molecule has 0 radical (unpaired) electrons. The topological polar surface area (TPSA) is 47.6 Å². The fourth-order valence-corrected chi connectivity index (χ4v) is 1.77. The van der Waals surface area contributed by atoms with E-state index in [4.69, 9.17) is 9.47 Å². The van der Waals surface area contributed by atoms with Crippen molar-refractivity contribution in [3.05, 3.63) is 0 Å². The minimum absolute atomic E-state index is 0.128. The number of methoxy groups -OCH3 is 1. The number of hydrogen-bond acceptors (Lipinski definition) is 4. The first kappa shape index (κ1) is 15.4. The van der Waals surface area contributed by atoms with Gasteiger partial charge in [0.25, 0.3) is 0 Å². The quantitative estimate of drug-likeness (QED) is 0.678. The van der Waals surface area contributed by atoms with E-state index >= 15 is 0 Å². The molecule has 1 saturated carbocycles. The molecule has 1 aliphatic carbocycles. The van der Waals surface area contributed by atoms with Gasteiger partial charge in [0, 0.05) is 12.6 Å². The Bertz CT molecular complexity index is 287. The van der Waals surface area contributed by atoms with Gasteiger partial charge in [-0.3, -0.25) is 10.1 Å². The summed E-state index contributed by atoms with van der Waals surface area (Å²) in [6.07, 6.45) is 3.89. The lowest BCUT2D eigenvalue weighted by atomic mass is 9.97. The minimum atomic E-state index is -0.625.